The number of carbonyl (C=O) groups is 1. The van der Waals surface area contributed by atoms with Crippen LogP contribution in [0.1, 0.15) is 41.3 Å². The van der Waals surface area contributed by atoms with Gasteiger partial charge in [0.1, 0.15) is 6.61 Å². The molecule has 4 rings (SSSR count). The van der Waals surface area contributed by atoms with Crippen molar-refractivity contribution in [3.8, 4) is 11.1 Å². The molecule has 3 aromatic carbocycles. The number of aliphatic hydroxyl groups is 1. The van der Waals surface area contributed by atoms with Gasteiger partial charge in [-0.3, -0.25) is 14.2 Å². The van der Waals surface area contributed by atoms with E-state index in [-0.39, 0.29) is 5.56 Å². The van der Waals surface area contributed by atoms with Crippen LogP contribution in [-0.4, -0.2) is 27.0 Å². The fourth-order valence-corrected chi connectivity index (χ4v) is 3.82. The molecule has 0 bridgehead atoms. The standard InChI is InChI=1S/C27H26N2O3/c1-18(2)20-6-4-8-22(14-20)21-7-3-5-19(13-21)11-12-29-17-28-25-10-9-23(26(31)16-30)15-24(25)27(29)32/h3-10,13-15,17-18,30H,11-12,16H2,1-2H3. The van der Waals surface area contributed by atoms with Gasteiger partial charge >= 0.3 is 0 Å². The summed E-state index contributed by atoms with van der Waals surface area (Å²) in [4.78, 5) is 29.1. The smallest absolute Gasteiger partial charge is 0.261 e. The topological polar surface area (TPSA) is 72.2 Å². The van der Waals surface area contributed by atoms with Gasteiger partial charge in [-0.15, -0.1) is 0 Å². The number of rotatable bonds is 7. The molecular weight excluding hydrogens is 400 g/mol. The number of aromatic nitrogens is 2. The Kier molecular flexibility index (Phi) is 6.28. The van der Waals surface area contributed by atoms with E-state index < -0.39 is 12.4 Å². The second kappa shape index (κ2) is 9.28. The number of Topliss-reactive ketones (excluding diaryl/α,β-unsaturated/α-hetero) is 1. The molecule has 1 heterocycles. The summed E-state index contributed by atoms with van der Waals surface area (Å²) in [6, 6.07) is 21.7. The van der Waals surface area contributed by atoms with Gasteiger partial charge in [0, 0.05) is 12.1 Å². The molecule has 0 radical (unpaired) electrons. The summed E-state index contributed by atoms with van der Waals surface area (Å²) in [5.74, 6) is 0.0543. The Morgan fingerprint density at radius 1 is 1.00 bits per heavy atom. The molecule has 1 N–H and O–H groups in total. The minimum Gasteiger partial charge on any atom is -0.388 e. The highest BCUT2D eigenvalue weighted by atomic mass is 16.3. The van der Waals surface area contributed by atoms with Crippen molar-refractivity contribution in [3.05, 3.63) is 100 Å². The van der Waals surface area contributed by atoms with Crippen LogP contribution in [0.5, 0.6) is 0 Å². The Hall–Kier alpha value is -3.57. The number of ketones is 1. The maximum Gasteiger partial charge on any atom is 0.261 e. The van der Waals surface area contributed by atoms with Gasteiger partial charge in [-0.05, 0) is 52.8 Å². The third-order valence-electron chi connectivity index (χ3n) is 5.74. The van der Waals surface area contributed by atoms with Crippen molar-refractivity contribution in [1.82, 2.24) is 9.55 Å². The van der Waals surface area contributed by atoms with E-state index in [9.17, 15) is 9.59 Å². The van der Waals surface area contributed by atoms with Crippen LogP contribution in [0.3, 0.4) is 0 Å². The number of aryl methyl sites for hydroxylation is 2. The van der Waals surface area contributed by atoms with Gasteiger partial charge < -0.3 is 5.11 Å². The molecule has 162 valence electrons. The molecular formula is C27H26N2O3. The molecule has 0 aliphatic heterocycles. The lowest BCUT2D eigenvalue weighted by Crippen LogP contribution is -2.22. The predicted octanol–water partition coefficient (Wildman–Crippen LogP) is 4.60. The first-order valence-corrected chi connectivity index (χ1v) is 10.8. The molecule has 0 atom stereocenters. The van der Waals surface area contributed by atoms with E-state index in [0.29, 0.717) is 35.3 Å². The zero-order valence-electron chi connectivity index (χ0n) is 18.3. The average Bonchev–Trinajstić information content (AvgIpc) is 2.83. The molecule has 0 amide bonds. The van der Waals surface area contributed by atoms with Gasteiger partial charge in [0.15, 0.2) is 5.78 Å². The zero-order valence-corrected chi connectivity index (χ0v) is 18.3. The van der Waals surface area contributed by atoms with Gasteiger partial charge in [-0.2, -0.15) is 0 Å². The lowest BCUT2D eigenvalue weighted by Gasteiger charge is -2.11. The van der Waals surface area contributed by atoms with E-state index in [1.165, 1.54) is 17.2 Å². The summed E-state index contributed by atoms with van der Waals surface area (Å²) >= 11 is 0. The molecule has 0 saturated heterocycles. The Balaban J connectivity index is 1.58. The quantitative estimate of drug-likeness (QED) is 0.438. The van der Waals surface area contributed by atoms with Crippen molar-refractivity contribution in [1.29, 1.82) is 0 Å². The molecule has 5 heteroatoms. The summed E-state index contributed by atoms with van der Waals surface area (Å²) in [5, 5.41) is 9.47. The lowest BCUT2D eigenvalue weighted by molar-refractivity contribution is 0.0904. The van der Waals surface area contributed by atoms with E-state index >= 15 is 0 Å². The highest BCUT2D eigenvalue weighted by molar-refractivity contribution is 5.99. The predicted molar refractivity (Wildman–Crippen MR) is 127 cm³/mol. The lowest BCUT2D eigenvalue weighted by atomic mass is 9.96. The van der Waals surface area contributed by atoms with Crippen molar-refractivity contribution >= 4 is 16.7 Å². The molecule has 0 aliphatic carbocycles. The Bertz CT molecular complexity index is 1340. The van der Waals surface area contributed by atoms with Crippen molar-refractivity contribution in [2.45, 2.75) is 32.7 Å². The normalized spacial score (nSPS) is 11.2. The number of hydrogen-bond donors (Lipinski definition) is 1. The molecule has 5 nitrogen and oxygen atoms in total. The van der Waals surface area contributed by atoms with Crippen molar-refractivity contribution in [2.75, 3.05) is 6.61 Å². The molecule has 0 spiro atoms. The Morgan fingerprint density at radius 2 is 1.75 bits per heavy atom. The largest absolute Gasteiger partial charge is 0.388 e. The van der Waals surface area contributed by atoms with Crippen LogP contribution in [0.4, 0.5) is 0 Å². The first kappa shape index (κ1) is 21.7. The Morgan fingerprint density at radius 3 is 2.50 bits per heavy atom. The monoisotopic (exact) mass is 426 g/mol. The van der Waals surface area contributed by atoms with Crippen LogP contribution >= 0.6 is 0 Å². The van der Waals surface area contributed by atoms with Gasteiger partial charge in [0.2, 0.25) is 0 Å². The first-order valence-electron chi connectivity index (χ1n) is 10.8. The molecule has 0 fully saturated rings. The van der Waals surface area contributed by atoms with Crippen LogP contribution in [-0.2, 0) is 13.0 Å². The SMILES string of the molecule is CC(C)c1cccc(-c2cccc(CCn3cnc4ccc(C(=O)CO)cc4c3=O)c2)c1. The second-order valence-electron chi connectivity index (χ2n) is 8.29. The number of nitrogens with zero attached hydrogens (tertiary/aromatic N) is 2. The summed E-state index contributed by atoms with van der Waals surface area (Å²) in [6.45, 7) is 4.27. The fraction of sp³-hybridized carbons (Fsp3) is 0.222. The molecule has 0 saturated carbocycles. The number of benzene rings is 3. The summed E-state index contributed by atoms with van der Waals surface area (Å²) < 4.78 is 1.57. The zero-order chi connectivity index (χ0) is 22.7. The molecule has 0 aliphatic rings. The van der Waals surface area contributed by atoms with Gasteiger partial charge in [-0.1, -0.05) is 62.4 Å². The number of fused-ring (bicyclic) bond motifs is 1. The van der Waals surface area contributed by atoms with Crippen LogP contribution in [0.15, 0.2) is 77.9 Å². The summed E-state index contributed by atoms with van der Waals surface area (Å²) in [5.41, 5.74) is 5.43. The fourth-order valence-electron chi connectivity index (χ4n) is 3.82. The van der Waals surface area contributed by atoms with Crippen LogP contribution in [0.2, 0.25) is 0 Å². The molecule has 4 aromatic rings. The third-order valence-corrected chi connectivity index (χ3v) is 5.74. The second-order valence-corrected chi connectivity index (χ2v) is 8.29. The summed E-state index contributed by atoms with van der Waals surface area (Å²) in [7, 11) is 0. The number of hydrogen-bond acceptors (Lipinski definition) is 4. The third kappa shape index (κ3) is 4.53. The highest BCUT2D eigenvalue weighted by Crippen LogP contribution is 2.25. The molecule has 32 heavy (non-hydrogen) atoms. The van der Waals surface area contributed by atoms with Gasteiger partial charge in [-0.25, -0.2) is 4.98 Å². The van der Waals surface area contributed by atoms with Gasteiger partial charge in [0.25, 0.3) is 5.56 Å². The van der Waals surface area contributed by atoms with Crippen LogP contribution in [0, 0.1) is 0 Å². The average molecular weight is 427 g/mol. The Labute approximate surface area is 187 Å². The van der Waals surface area contributed by atoms with Crippen LogP contribution in [0.25, 0.3) is 22.0 Å². The van der Waals surface area contributed by atoms with Gasteiger partial charge in [0.05, 0.1) is 17.2 Å². The van der Waals surface area contributed by atoms with E-state index in [1.54, 1.807) is 23.0 Å². The number of aliphatic hydroxyl groups excluding tert-OH is 1. The van der Waals surface area contributed by atoms with E-state index in [4.69, 9.17) is 5.11 Å². The minimum atomic E-state index is -0.587. The molecule has 0 unspecified atom stereocenters. The van der Waals surface area contributed by atoms with Crippen LogP contribution < -0.4 is 5.56 Å². The number of carbonyl (C=O) groups excluding carboxylic acids is 1. The van der Waals surface area contributed by atoms with E-state index in [0.717, 1.165) is 11.1 Å². The first-order chi connectivity index (χ1) is 15.5. The van der Waals surface area contributed by atoms with Crippen molar-refractivity contribution in [3.63, 3.8) is 0 Å². The minimum absolute atomic E-state index is 0.191. The highest BCUT2D eigenvalue weighted by Gasteiger charge is 2.10. The maximum absolute atomic E-state index is 13.0. The maximum atomic E-state index is 13.0. The van der Waals surface area contributed by atoms with Crippen molar-refractivity contribution < 1.29 is 9.90 Å². The van der Waals surface area contributed by atoms with E-state index in [1.807, 2.05) is 6.07 Å². The summed E-state index contributed by atoms with van der Waals surface area (Å²) in [6.07, 6.45) is 2.23. The van der Waals surface area contributed by atoms with E-state index in [2.05, 4.69) is 61.3 Å². The molecule has 1 aromatic heterocycles. The van der Waals surface area contributed by atoms with Crippen molar-refractivity contribution in [2.24, 2.45) is 0 Å².